The van der Waals surface area contributed by atoms with Gasteiger partial charge in [0.15, 0.2) is 11.4 Å². The van der Waals surface area contributed by atoms with Crippen molar-refractivity contribution in [2.24, 2.45) is 5.92 Å². The predicted octanol–water partition coefficient (Wildman–Crippen LogP) is 5.58. The van der Waals surface area contributed by atoms with E-state index in [1.165, 1.54) is 11.8 Å². The van der Waals surface area contributed by atoms with Crippen LogP contribution in [0.2, 0.25) is 0 Å². The quantitative estimate of drug-likeness (QED) is 0.0931. The normalized spacial score (nSPS) is 22.9. The first-order valence-electron chi connectivity index (χ1n) is 22.9. The van der Waals surface area contributed by atoms with E-state index in [1.54, 1.807) is 39.8 Å². The van der Waals surface area contributed by atoms with Crippen molar-refractivity contribution in [3.63, 3.8) is 0 Å². The molecule has 7 heterocycles. The number of aryl methyl sites for hydroxylation is 1. The van der Waals surface area contributed by atoms with Gasteiger partial charge in [0, 0.05) is 56.1 Å². The maximum Gasteiger partial charge on any atom is 0.282 e. The number of Topliss-reactive ketones (excluding diaryl/α,β-unsaturated/α-hetero) is 1. The first kappa shape index (κ1) is 43.5. The van der Waals surface area contributed by atoms with E-state index < -0.39 is 36.1 Å². The molecule has 2 N–H and O–H groups in total. The first-order valence-corrected chi connectivity index (χ1v) is 22.9. The lowest BCUT2D eigenvalue weighted by Crippen LogP contribution is -2.54. The standard InChI is InChI=1S/C48H52F2N10O6/c1-56(18-3-4-28-7-9-29(10-8-28)22-51-37-6-2-5-35-42(37)48(65)60(47(35)64)38-15-16-41(62)54-46(38)63)24-30-11-13-32(14-12-30)59-25-31(43(55-59)44(49)50)20-39(61)36-23-52-58-19-17-40(53-45(36)58)57-26-34-21-33(57)27-66-34/h2,5-10,17,19,23,25,30,32-34,38,44,51H,3-4,11-16,18,20-22,24,26-27H2,1H3,(H,54,62,63)/t30?,32?,33-,34-,38?/m1/s1. The van der Waals surface area contributed by atoms with Crippen molar-refractivity contribution in [2.45, 2.75) is 101 Å². The van der Waals surface area contributed by atoms with Gasteiger partial charge >= 0.3 is 0 Å². The number of halogens is 2. The zero-order valence-electron chi connectivity index (χ0n) is 36.7. The largest absolute Gasteiger partial charge is 0.380 e. The third-order valence-electron chi connectivity index (χ3n) is 14.0. The minimum atomic E-state index is -2.80. The summed E-state index contributed by atoms with van der Waals surface area (Å²) in [6.07, 6.45) is 8.62. The lowest BCUT2D eigenvalue weighted by atomic mass is 9.85. The second-order valence-electron chi connectivity index (χ2n) is 18.4. The van der Waals surface area contributed by atoms with Crippen LogP contribution in [0.4, 0.5) is 20.3 Å². The van der Waals surface area contributed by atoms with Crippen molar-refractivity contribution >= 4 is 46.6 Å². The minimum absolute atomic E-state index is 0.0115. The number of anilines is 2. The van der Waals surface area contributed by atoms with E-state index in [0.717, 1.165) is 80.9 Å². The molecule has 5 aliphatic rings. The molecule has 3 atom stereocenters. The van der Waals surface area contributed by atoms with Crippen molar-refractivity contribution in [2.75, 3.05) is 43.5 Å². The number of imide groups is 2. The maximum atomic E-state index is 14.3. The van der Waals surface area contributed by atoms with Gasteiger partial charge < -0.3 is 19.9 Å². The van der Waals surface area contributed by atoms with Crippen LogP contribution in [-0.4, -0.2) is 115 Å². The highest BCUT2D eigenvalue weighted by atomic mass is 19.3. The Bertz CT molecular complexity index is 2690. The number of nitrogens with one attached hydrogen (secondary N) is 2. The van der Waals surface area contributed by atoms with E-state index in [-0.39, 0.29) is 65.6 Å². The Hall–Kier alpha value is -6.40. The van der Waals surface area contributed by atoms with Gasteiger partial charge in [-0.05, 0) is 100 Å². The molecule has 2 bridgehead atoms. The molecule has 1 saturated carbocycles. The highest BCUT2D eigenvalue weighted by molar-refractivity contribution is 6.25. The fraction of sp³-hybridized carbons (Fsp3) is 0.458. The second-order valence-corrected chi connectivity index (χ2v) is 18.4. The molecule has 344 valence electrons. The van der Waals surface area contributed by atoms with Crippen LogP contribution < -0.4 is 15.5 Å². The molecule has 0 spiro atoms. The number of amides is 4. The maximum absolute atomic E-state index is 14.3. The number of ether oxygens (including phenoxy) is 1. The molecule has 1 aliphatic carbocycles. The Morgan fingerprint density at radius 2 is 1.79 bits per heavy atom. The number of morpholine rings is 1. The Balaban J connectivity index is 0.675. The summed E-state index contributed by atoms with van der Waals surface area (Å²) in [5.41, 5.74) is 3.79. The zero-order valence-corrected chi connectivity index (χ0v) is 36.7. The van der Waals surface area contributed by atoms with E-state index in [9.17, 15) is 32.8 Å². The SMILES string of the molecule is CN(CCCc1ccc(CNc2cccc3c2C(=O)N(C2CCC(=O)NC2=O)C3=O)cc1)CC1CCC(n2cc(CC(=O)c3cnn4ccc(N5C[C@H]6C[C@@H]5CO6)nc34)c(C(F)F)n2)CC1. The summed E-state index contributed by atoms with van der Waals surface area (Å²) in [6.45, 7) is 3.70. The summed E-state index contributed by atoms with van der Waals surface area (Å²) in [5.74, 6) is -1.22. The van der Waals surface area contributed by atoms with Crippen LogP contribution in [0.5, 0.6) is 0 Å². The molecule has 4 amide bonds. The number of aromatic nitrogens is 5. The number of alkyl halides is 2. The molecule has 4 fully saturated rings. The van der Waals surface area contributed by atoms with Crippen LogP contribution in [0.25, 0.3) is 5.65 Å². The van der Waals surface area contributed by atoms with Gasteiger partial charge in [0.1, 0.15) is 17.6 Å². The molecule has 66 heavy (non-hydrogen) atoms. The highest BCUT2D eigenvalue weighted by Crippen LogP contribution is 2.36. The summed E-state index contributed by atoms with van der Waals surface area (Å²) in [7, 11) is 2.14. The number of hydrogen-bond acceptors (Lipinski definition) is 12. The molecular weight excluding hydrogens is 851 g/mol. The van der Waals surface area contributed by atoms with Crippen molar-refractivity contribution in [1.29, 1.82) is 0 Å². The second kappa shape index (κ2) is 18.1. The van der Waals surface area contributed by atoms with Gasteiger partial charge in [0.2, 0.25) is 11.8 Å². The Morgan fingerprint density at radius 1 is 0.985 bits per heavy atom. The molecule has 16 nitrogen and oxygen atoms in total. The number of rotatable bonds is 16. The highest BCUT2D eigenvalue weighted by Gasteiger charge is 2.46. The van der Waals surface area contributed by atoms with Crippen molar-refractivity contribution in [1.82, 2.24) is 39.5 Å². The van der Waals surface area contributed by atoms with E-state index >= 15 is 0 Å². The number of benzene rings is 2. The van der Waals surface area contributed by atoms with E-state index in [4.69, 9.17) is 9.72 Å². The van der Waals surface area contributed by atoms with Crippen molar-refractivity contribution in [3.05, 3.63) is 106 Å². The summed E-state index contributed by atoms with van der Waals surface area (Å²) in [5, 5.41) is 14.2. The summed E-state index contributed by atoms with van der Waals surface area (Å²) < 4.78 is 37.6. The molecule has 5 aromatic rings. The number of piperidine rings is 1. The number of carbonyl (C=O) groups excluding carboxylic acids is 5. The Morgan fingerprint density at radius 3 is 2.53 bits per heavy atom. The Labute approximate surface area is 379 Å². The average molecular weight is 903 g/mol. The smallest absolute Gasteiger partial charge is 0.282 e. The van der Waals surface area contributed by atoms with E-state index in [0.29, 0.717) is 36.0 Å². The number of hydrogen-bond donors (Lipinski definition) is 2. The molecule has 1 unspecified atom stereocenters. The summed E-state index contributed by atoms with van der Waals surface area (Å²) in [4.78, 5) is 74.8. The number of ketones is 1. The van der Waals surface area contributed by atoms with Crippen LogP contribution in [0.1, 0.15) is 117 Å². The fourth-order valence-electron chi connectivity index (χ4n) is 10.5. The topological polar surface area (TPSA) is 176 Å². The predicted molar refractivity (Wildman–Crippen MR) is 237 cm³/mol. The fourth-order valence-corrected chi connectivity index (χ4v) is 10.5. The van der Waals surface area contributed by atoms with Gasteiger partial charge in [-0.1, -0.05) is 30.3 Å². The first-order chi connectivity index (χ1) is 32.0. The number of carbonyl (C=O) groups is 5. The van der Waals surface area contributed by atoms with Gasteiger partial charge in [-0.25, -0.2) is 18.3 Å². The summed E-state index contributed by atoms with van der Waals surface area (Å²) in [6, 6.07) is 14.4. The van der Waals surface area contributed by atoms with Crippen molar-refractivity contribution in [3.8, 4) is 0 Å². The van der Waals surface area contributed by atoms with E-state index in [2.05, 4.69) is 49.8 Å². The lowest BCUT2D eigenvalue weighted by Gasteiger charge is -2.31. The van der Waals surface area contributed by atoms with Gasteiger partial charge in [-0.3, -0.25) is 38.9 Å². The van der Waals surface area contributed by atoms with Crippen LogP contribution in [-0.2, 0) is 33.7 Å². The number of nitrogens with zero attached hydrogens (tertiary/aromatic N) is 8. The molecule has 3 aromatic heterocycles. The lowest BCUT2D eigenvalue weighted by molar-refractivity contribution is -0.136. The summed E-state index contributed by atoms with van der Waals surface area (Å²) >= 11 is 0. The van der Waals surface area contributed by atoms with Gasteiger partial charge in [-0.15, -0.1) is 0 Å². The van der Waals surface area contributed by atoms with Gasteiger partial charge in [0.05, 0.1) is 47.7 Å². The van der Waals surface area contributed by atoms with Gasteiger partial charge in [-0.2, -0.15) is 10.2 Å². The number of fused-ring (bicyclic) bond motifs is 4. The third kappa shape index (κ3) is 8.59. The molecule has 10 rings (SSSR count). The van der Waals surface area contributed by atoms with Crippen molar-refractivity contribution < 1.29 is 37.5 Å². The molecular formula is C48H52F2N10O6. The zero-order chi connectivity index (χ0) is 45.6. The van der Waals surface area contributed by atoms with Gasteiger partial charge in [0.25, 0.3) is 18.2 Å². The molecule has 3 saturated heterocycles. The molecule has 18 heteroatoms. The molecule has 0 radical (unpaired) electrons. The van der Waals surface area contributed by atoms with Crippen LogP contribution in [0.3, 0.4) is 0 Å². The minimum Gasteiger partial charge on any atom is -0.380 e. The molecule has 4 aliphatic heterocycles. The molecule has 2 aromatic carbocycles. The average Bonchev–Trinajstić information content (AvgIpc) is 4.16. The third-order valence-corrected chi connectivity index (χ3v) is 14.0. The van der Waals surface area contributed by atoms with Crippen LogP contribution in [0, 0.1) is 5.92 Å². The van der Waals surface area contributed by atoms with E-state index in [1.807, 2.05) is 18.2 Å². The monoisotopic (exact) mass is 902 g/mol. The van der Waals surface area contributed by atoms with Crippen LogP contribution >= 0.6 is 0 Å². The Kier molecular flexibility index (Phi) is 11.9. The van der Waals surface area contributed by atoms with Crippen LogP contribution in [0.15, 0.2) is 67.1 Å².